The van der Waals surface area contributed by atoms with Crippen molar-refractivity contribution in [3.8, 4) is 0 Å². The summed E-state index contributed by atoms with van der Waals surface area (Å²) >= 11 is 0. The van der Waals surface area contributed by atoms with Crippen molar-refractivity contribution in [3.63, 3.8) is 0 Å². The van der Waals surface area contributed by atoms with Gasteiger partial charge in [-0.2, -0.15) is 0 Å². The molecule has 0 amide bonds. The highest BCUT2D eigenvalue weighted by Crippen LogP contribution is 2.33. The normalized spacial score (nSPS) is 15.8. The molecule has 152 valence electrons. The second kappa shape index (κ2) is 7.36. The number of hydrogen-bond acceptors (Lipinski definition) is 4. The van der Waals surface area contributed by atoms with E-state index < -0.39 is 0 Å². The van der Waals surface area contributed by atoms with Gasteiger partial charge in [0.15, 0.2) is 0 Å². The second-order valence-electron chi connectivity index (χ2n) is 10.7. The van der Waals surface area contributed by atoms with Crippen LogP contribution < -0.4 is 0 Å². The largest absolute Gasteiger partial charge is 0.247 e. The Labute approximate surface area is 164 Å². The maximum absolute atomic E-state index is 4.42. The first-order chi connectivity index (χ1) is 12.2. The minimum atomic E-state index is -0.0625. The average Bonchev–Trinajstić information content (AvgIpc) is 3.19. The molecule has 2 aromatic heterocycles. The molecule has 6 nitrogen and oxygen atoms in total. The molecule has 0 saturated carbocycles. The standard InChI is InChI=1S/C21H38N6/c1-15(16(2)17-13-22-24-27(17)20(6,7)8)11-12-21(9,10)26-14-18(23-25-26)19(3,4)5/h13-16H,11-12H2,1-10H3/t15-,16+/m1/s1. The van der Waals surface area contributed by atoms with Crippen molar-refractivity contribution in [1.29, 1.82) is 0 Å². The van der Waals surface area contributed by atoms with E-state index in [-0.39, 0.29) is 16.5 Å². The lowest BCUT2D eigenvalue weighted by molar-refractivity contribution is 0.250. The van der Waals surface area contributed by atoms with E-state index in [4.69, 9.17) is 0 Å². The van der Waals surface area contributed by atoms with Gasteiger partial charge in [-0.15, -0.1) is 10.2 Å². The van der Waals surface area contributed by atoms with Crippen molar-refractivity contribution in [2.45, 2.75) is 104 Å². The number of aromatic nitrogens is 6. The molecule has 2 rings (SSSR count). The van der Waals surface area contributed by atoms with Crippen molar-refractivity contribution >= 4 is 0 Å². The third kappa shape index (κ3) is 4.96. The van der Waals surface area contributed by atoms with E-state index in [1.54, 1.807) is 0 Å². The molecule has 0 aliphatic heterocycles. The van der Waals surface area contributed by atoms with Crippen LogP contribution in [0.3, 0.4) is 0 Å². The zero-order valence-corrected chi connectivity index (χ0v) is 18.9. The number of hydrogen-bond donors (Lipinski definition) is 0. The van der Waals surface area contributed by atoms with Gasteiger partial charge in [-0.3, -0.25) is 0 Å². The lowest BCUT2D eigenvalue weighted by Gasteiger charge is -2.30. The molecule has 0 N–H and O–H groups in total. The van der Waals surface area contributed by atoms with Gasteiger partial charge in [0.2, 0.25) is 0 Å². The molecule has 0 bridgehead atoms. The Bertz CT molecular complexity index is 741. The van der Waals surface area contributed by atoms with Crippen LogP contribution in [-0.2, 0) is 16.5 Å². The van der Waals surface area contributed by atoms with E-state index in [1.807, 2.05) is 10.9 Å². The lowest BCUT2D eigenvalue weighted by Crippen LogP contribution is -2.29. The van der Waals surface area contributed by atoms with E-state index in [2.05, 4.69) is 101 Å². The van der Waals surface area contributed by atoms with Gasteiger partial charge in [0.1, 0.15) is 0 Å². The van der Waals surface area contributed by atoms with Crippen molar-refractivity contribution in [2.24, 2.45) is 5.92 Å². The van der Waals surface area contributed by atoms with E-state index >= 15 is 0 Å². The fourth-order valence-electron chi connectivity index (χ4n) is 3.22. The second-order valence-corrected chi connectivity index (χ2v) is 10.7. The van der Waals surface area contributed by atoms with Crippen molar-refractivity contribution < 1.29 is 0 Å². The molecule has 0 aliphatic carbocycles. The summed E-state index contributed by atoms with van der Waals surface area (Å²) in [6.07, 6.45) is 6.17. The smallest absolute Gasteiger partial charge is 0.0880 e. The molecule has 0 saturated heterocycles. The van der Waals surface area contributed by atoms with Gasteiger partial charge in [-0.1, -0.05) is 45.0 Å². The van der Waals surface area contributed by atoms with Crippen LogP contribution in [0.25, 0.3) is 0 Å². The van der Waals surface area contributed by atoms with Gasteiger partial charge in [-0.05, 0) is 53.4 Å². The van der Waals surface area contributed by atoms with Gasteiger partial charge < -0.3 is 0 Å². The molecule has 0 radical (unpaired) electrons. The Morgan fingerprint density at radius 3 is 2.11 bits per heavy atom. The van der Waals surface area contributed by atoms with Crippen LogP contribution in [0.1, 0.15) is 99.4 Å². The molecule has 2 aromatic rings. The highest BCUT2D eigenvalue weighted by Gasteiger charge is 2.29. The monoisotopic (exact) mass is 374 g/mol. The van der Waals surface area contributed by atoms with Crippen LogP contribution in [-0.4, -0.2) is 30.0 Å². The van der Waals surface area contributed by atoms with Crippen LogP contribution in [0.15, 0.2) is 12.4 Å². The molecule has 0 spiro atoms. The Hall–Kier alpha value is -1.72. The molecule has 2 atom stereocenters. The first-order valence-corrected chi connectivity index (χ1v) is 10.1. The third-order valence-electron chi connectivity index (χ3n) is 5.62. The van der Waals surface area contributed by atoms with Crippen molar-refractivity contribution in [1.82, 2.24) is 30.0 Å². The minimum absolute atomic E-state index is 0.0223. The predicted molar refractivity (Wildman–Crippen MR) is 110 cm³/mol. The molecule has 0 aromatic carbocycles. The SMILES string of the molecule is C[C@H](CCC(C)(C)n1cc(C(C)(C)C)nn1)[C@H](C)c1cnnn1C(C)(C)C. The third-order valence-corrected chi connectivity index (χ3v) is 5.62. The van der Waals surface area contributed by atoms with Gasteiger partial charge >= 0.3 is 0 Å². The summed E-state index contributed by atoms with van der Waals surface area (Å²) in [5.74, 6) is 0.922. The van der Waals surface area contributed by atoms with Crippen LogP contribution in [0.5, 0.6) is 0 Å². The molecule has 2 heterocycles. The first-order valence-electron chi connectivity index (χ1n) is 10.1. The summed E-state index contributed by atoms with van der Waals surface area (Å²) < 4.78 is 4.10. The maximum Gasteiger partial charge on any atom is 0.0880 e. The fourth-order valence-corrected chi connectivity index (χ4v) is 3.22. The van der Waals surface area contributed by atoms with Crippen LogP contribution in [0.4, 0.5) is 0 Å². The van der Waals surface area contributed by atoms with Gasteiger partial charge in [-0.25, -0.2) is 9.36 Å². The van der Waals surface area contributed by atoms with Crippen molar-refractivity contribution in [3.05, 3.63) is 23.8 Å². The molecule has 27 heavy (non-hydrogen) atoms. The summed E-state index contributed by atoms with van der Waals surface area (Å²) in [4.78, 5) is 0. The summed E-state index contributed by atoms with van der Waals surface area (Å²) in [6.45, 7) is 22.1. The maximum atomic E-state index is 4.42. The molecular weight excluding hydrogens is 336 g/mol. The lowest BCUT2D eigenvalue weighted by atomic mass is 9.84. The summed E-state index contributed by atoms with van der Waals surface area (Å²) in [5.41, 5.74) is 2.16. The molecule has 0 unspecified atom stereocenters. The summed E-state index contributed by atoms with van der Waals surface area (Å²) in [5, 5.41) is 17.3. The molecule has 6 heteroatoms. The highest BCUT2D eigenvalue weighted by atomic mass is 15.5. The topological polar surface area (TPSA) is 61.4 Å². The summed E-state index contributed by atoms with van der Waals surface area (Å²) in [6, 6.07) is 0. The number of rotatable bonds is 6. The van der Waals surface area contributed by atoms with E-state index in [0.29, 0.717) is 11.8 Å². The minimum Gasteiger partial charge on any atom is -0.247 e. The van der Waals surface area contributed by atoms with Gasteiger partial charge in [0.25, 0.3) is 0 Å². The molecule has 0 aliphatic rings. The quantitative estimate of drug-likeness (QED) is 0.723. The first kappa shape index (κ1) is 21.6. The fraction of sp³-hybridized carbons (Fsp3) is 0.810. The predicted octanol–water partition coefficient (Wildman–Crippen LogP) is 4.88. The van der Waals surface area contributed by atoms with Gasteiger partial charge in [0, 0.05) is 17.5 Å². The molecule has 0 fully saturated rings. The van der Waals surface area contributed by atoms with Crippen LogP contribution in [0, 0.1) is 5.92 Å². The van der Waals surface area contributed by atoms with Crippen molar-refractivity contribution in [2.75, 3.05) is 0 Å². The Morgan fingerprint density at radius 2 is 1.59 bits per heavy atom. The number of nitrogens with zero attached hydrogens (tertiary/aromatic N) is 6. The zero-order chi connectivity index (χ0) is 20.6. The summed E-state index contributed by atoms with van der Waals surface area (Å²) in [7, 11) is 0. The van der Waals surface area contributed by atoms with Crippen LogP contribution >= 0.6 is 0 Å². The Kier molecular flexibility index (Phi) is 5.88. The average molecular weight is 375 g/mol. The zero-order valence-electron chi connectivity index (χ0n) is 18.9. The highest BCUT2D eigenvalue weighted by molar-refractivity contribution is 5.08. The van der Waals surface area contributed by atoms with Gasteiger partial charge in [0.05, 0.1) is 28.7 Å². The van der Waals surface area contributed by atoms with E-state index in [0.717, 1.165) is 18.5 Å². The Balaban J connectivity index is 2.07. The van der Waals surface area contributed by atoms with Crippen LogP contribution in [0.2, 0.25) is 0 Å². The van der Waals surface area contributed by atoms with E-state index in [9.17, 15) is 0 Å². The van der Waals surface area contributed by atoms with E-state index in [1.165, 1.54) is 5.69 Å². The molecular formula is C21H38N6. The Morgan fingerprint density at radius 1 is 0.963 bits per heavy atom.